The molecule has 2 rings (SSSR count). The number of carbonyl (C=O) groups is 2. The number of hydrogen-bond acceptors (Lipinski definition) is 3. The van der Waals surface area contributed by atoms with Crippen molar-refractivity contribution in [1.29, 1.82) is 0 Å². The Labute approximate surface area is 126 Å². The van der Waals surface area contributed by atoms with Crippen LogP contribution in [0.2, 0.25) is 0 Å². The average molecular weight is 341 g/mol. The first kappa shape index (κ1) is 15.0. The molecule has 0 aromatic heterocycles. The van der Waals surface area contributed by atoms with E-state index in [0.717, 1.165) is 10.0 Å². The summed E-state index contributed by atoms with van der Waals surface area (Å²) in [4.78, 5) is 23.5. The maximum atomic E-state index is 12.0. The average Bonchev–Trinajstić information content (AvgIpc) is 2.91. The summed E-state index contributed by atoms with van der Waals surface area (Å²) < 4.78 is 6.10. The molecule has 0 aliphatic carbocycles. The number of benzene rings is 1. The van der Waals surface area contributed by atoms with Gasteiger partial charge in [0.2, 0.25) is 11.8 Å². The molecule has 1 saturated heterocycles. The third kappa shape index (κ3) is 4.05. The maximum Gasteiger partial charge on any atom is 0.240 e. The van der Waals surface area contributed by atoms with Crippen LogP contribution in [-0.2, 0) is 20.7 Å². The van der Waals surface area contributed by atoms with Crippen molar-refractivity contribution in [2.45, 2.75) is 18.9 Å². The number of ether oxygens (including phenoxy) is 1. The Hall–Kier alpha value is -1.40. The lowest BCUT2D eigenvalue weighted by Gasteiger charge is -2.17. The molecule has 1 heterocycles. The number of halogens is 1. The van der Waals surface area contributed by atoms with Crippen molar-refractivity contribution in [3.8, 4) is 0 Å². The molecule has 1 aromatic carbocycles. The predicted octanol–water partition coefficient (Wildman–Crippen LogP) is 0.998. The zero-order valence-corrected chi connectivity index (χ0v) is 12.6. The van der Waals surface area contributed by atoms with E-state index >= 15 is 0 Å². The van der Waals surface area contributed by atoms with E-state index in [9.17, 15) is 9.59 Å². The minimum absolute atomic E-state index is 0.165. The number of rotatable bonds is 5. The summed E-state index contributed by atoms with van der Waals surface area (Å²) in [6, 6.07) is 6.88. The van der Waals surface area contributed by atoms with Crippen molar-refractivity contribution in [2.75, 3.05) is 13.2 Å². The molecular weight excluding hydrogens is 324 g/mol. The van der Waals surface area contributed by atoms with Gasteiger partial charge >= 0.3 is 0 Å². The highest BCUT2D eigenvalue weighted by atomic mass is 79.9. The van der Waals surface area contributed by atoms with E-state index < -0.39 is 11.9 Å². The van der Waals surface area contributed by atoms with Crippen LogP contribution >= 0.6 is 15.9 Å². The normalized spacial score (nSPS) is 19.6. The lowest BCUT2D eigenvalue weighted by atomic mass is 10.0. The second-order valence-electron chi connectivity index (χ2n) is 4.86. The molecule has 2 amide bonds. The molecule has 0 bridgehead atoms. The highest BCUT2D eigenvalue weighted by molar-refractivity contribution is 9.10. The van der Waals surface area contributed by atoms with E-state index in [1.54, 1.807) is 0 Å². The van der Waals surface area contributed by atoms with Gasteiger partial charge < -0.3 is 15.8 Å². The van der Waals surface area contributed by atoms with Gasteiger partial charge in [-0.3, -0.25) is 9.59 Å². The molecule has 0 unspecified atom stereocenters. The summed E-state index contributed by atoms with van der Waals surface area (Å²) in [5, 5.41) is 2.72. The first-order valence-corrected chi connectivity index (χ1v) is 7.27. The van der Waals surface area contributed by atoms with Gasteiger partial charge in [-0.1, -0.05) is 28.1 Å². The topological polar surface area (TPSA) is 81.4 Å². The Bertz CT molecular complexity index is 501. The van der Waals surface area contributed by atoms with E-state index in [2.05, 4.69) is 21.2 Å². The lowest BCUT2D eigenvalue weighted by Crippen LogP contribution is -2.48. The number of nitrogens with one attached hydrogen (secondary N) is 1. The largest absolute Gasteiger partial charge is 0.381 e. The lowest BCUT2D eigenvalue weighted by molar-refractivity contribution is -0.129. The van der Waals surface area contributed by atoms with Crippen LogP contribution in [0.25, 0.3) is 0 Å². The molecule has 1 aliphatic rings. The molecule has 0 saturated carbocycles. The Morgan fingerprint density at radius 3 is 2.90 bits per heavy atom. The van der Waals surface area contributed by atoms with Crippen LogP contribution in [0.1, 0.15) is 12.0 Å². The molecule has 5 nitrogen and oxygen atoms in total. The Balaban J connectivity index is 2.00. The minimum atomic E-state index is -0.697. The summed E-state index contributed by atoms with van der Waals surface area (Å²) in [6.07, 6.45) is 1.07. The smallest absolute Gasteiger partial charge is 0.240 e. The van der Waals surface area contributed by atoms with Gasteiger partial charge in [-0.25, -0.2) is 0 Å². The van der Waals surface area contributed by atoms with Crippen molar-refractivity contribution >= 4 is 27.7 Å². The van der Waals surface area contributed by atoms with Gasteiger partial charge in [-0.05, 0) is 24.1 Å². The zero-order valence-electron chi connectivity index (χ0n) is 11.0. The molecule has 20 heavy (non-hydrogen) atoms. The van der Waals surface area contributed by atoms with Gasteiger partial charge in [0.15, 0.2) is 0 Å². The monoisotopic (exact) mass is 340 g/mol. The van der Waals surface area contributed by atoms with Crippen molar-refractivity contribution in [3.05, 3.63) is 34.3 Å². The van der Waals surface area contributed by atoms with Crippen LogP contribution in [-0.4, -0.2) is 31.1 Å². The SMILES string of the molecule is NC(=O)[C@@H](Cc1cccc(Br)c1)NC(=O)[C@H]1CCOC1. The molecule has 0 radical (unpaired) electrons. The number of nitrogens with two attached hydrogens (primary N) is 1. The fourth-order valence-electron chi connectivity index (χ4n) is 2.15. The highest BCUT2D eigenvalue weighted by Crippen LogP contribution is 2.15. The first-order chi connectivity index (χ1) is 9.56. The van der Waals surface area contributed by atoms with Gasteiger partial charge in [-0.15, -0.1) is 0 Å². The molecular formula is C14H17BrN2O3. The molecule has 6 heteroatoms. The second kappa shape index (κ2) is 6.85. The number of primary amides is 1. The molecule has 0 spiro atoms. The summed E-state index contributed by atoms with van der Waals surface area (Å²) in [7, 11) is 0. The van der Waals surface area contributed by atoms with Crippen LogP contribution in [0.4, 0.5) is 0 Å². The van der Waals surface area contributed by atoms with Crippen molar-refractivity contribution in [1.82, 2.24) is 5.32 Å². The number of amides is 2. The van der Waals surface area contributed by atoms with E-state index in [4.69, 9.17) is 10.5 Å². The fraction of sp³-hybridized carbons (Fsp3) is 0.429. The van der Waals surface area contributed by atoms with Crippen molar-refractivity contribution in [2.24, 2.45) is 11.7 Å². The molecule has 1 aliphatic heterocycles. The summed E-state index contributed by atoms with van der Waals surface area (Å²) in [5.41, 5.74) is 6.31. The molecule has 2 atom stereocenters. The summed E-state index contributed by atoms with van der Waals surface area (Å²) >= 11 is 3.37. The van der Waals surface area contributed by atoms with E-state index in [-0.39, 0.29) is 11.8 Å². The molecule has 1 fully saturated rings. The highest BCUT2D eigenvalue weighted by Gasteiger charge is 2.27. The maximum absolute atomic E-state index is 12.0. The van der Waals surface area contributed by atoms with E-state index in [1.165, 1.54) is 0 Å². The second-order valence-corrected chi connectivity index (χ2v) is 5.77. The summed E-state index contributed by atoms with van der Waals surface area (Å²) in [6.45, 7) is 0.999. The predicted molar refractivity (Wildman–Crippen MR) is 77.9 cm³/mol. The fourth-order valence-corrected chi connectivity index (χ4v) is 2.60. The molecule has 1 aromatic rings. The number of carbonyl (C=O) groups excluding carboxylic acids is 2. The van der Waals surface area contributed by atoms with Crippen LogP contribution in [0.15, 0.2) is 28.7 Å². The molecule has 3 N–H and O–H groups in total. The van der Waals surface area contributed by atoms with Gasteiger partial charge in [0.05, 0.1) is 12.5 Å². The van der Waals surface area contributed by atoms with Crippen molar-refractivity contribution in [3.63, 3.8) is 0 Å². The van der Waals surface area contributed by atoms with Crippen LogP contribution < -0.4 is 11.1 Å². The van der Waals surface area contributed by atoms with Gasteiger partial charge in [0.1, 0.15) is 6.04 Å². The van der Waals surface area contributed by atoms with Crippen LogP contribution in [0.5, 0.6) is 0 Å². The van der Waals surface area contributed by atoms with E-state index in [0.29, 0.717) is 26.1 Å². The quantitative estimate of drug-likeness (QED) is 0.838. The Kier molecular flexibility index (Phi) is 5.14. The minimum Gasteiger partial charge on any atom is -0.381 e. The number of hydrogen-bond donors (Lipinski definition) is 2. The molecule has 108 valence electrons. The first-order valence-electron chi connectivity index (χ1n) is 6.48. The Morgan fingerprint density at radius 2 is 2.30 bits per heavy atom. The Morgan fingerprint density at radius 1 is 1.50 bits per heavy atom. The van der Waals surface area contributed by atoms with Gasteiger partial charge in [0.25, 0.3) is 0 Å². The third-order valence-electron chi connectivity index (χ3n) is 3.29. The third-order valence-corrected chi connectivity index (χ3v) is 3.78. The van der Waals surface area contributed by atoms with Crippen molar-refractivity contribution < 1.29 is 14.3 Å². The summed E-state index contributed by atoms with van der Waals surface area (Å²) in [5.74, 6) is -0.877. The zero-order chi connectivity index (χ0) is 14.5. The van der Waals surface area contributed by atoms with Gasteiger partial charge in [-0.2, -0.15) is 0 Å². The van der Waals surface area contributed by atoms with Gasteiger partial charge in [0, 0.05) is 17.5 Å². The van der Waals surface area contributed by atoms with Crippen LogP contribution in [0.3, 0.4) is 0 Å². The van der Waals surface area contributed by atoms with Crippen LogP contribution in [0, 0.1) is 5.92 Å². The van der Waals surface area contributed by atoms with E-state index in [1.807, 2.05) is 24.3 Å². The standard InChI is InChI=1S/C14H17BrN2O3/c15-11-3-1-2-9(6-11)7-12(13(16)18)17-14(19)10-4-5-20-8-10/h1-3,6,10,12H,4-5,7-8H2,(H2,16,18)(H,17,19)/t10-,12+/m0/s1.